The third-order valence-corrected chi connectivity index (χ3v) is 4.05. The molecule has 0 bridgehead atoms. The molecule has 0 amide bonds. The second-order valence-electron chi connectivity index (χ2n) is 4.82. The van der Waals surface area contributed by atoms with Gasteiger partial charge in [-0.25, -0.2) is 0 Å². The number of nitrogens with one attached hydrogen (secondary N) is 1. The molecule has 1 aromatic heterocycles. The second kappa shape index (κ2) is 6.17. The Morgan fingerprint density at radius 1 is 1.35 bits per heavy atom. The van der Waals surface area contributed by atoms with Gasteiger partial charge < -0.3 is 10.4 Å². The normalized spacial score (nSPS) is 16.8. The minimum absolute atomic E-state index is 0.0398. The number of carboxylic acids is 1. The lowest BCUT2D eigenvalue weighted by atomic mass is 9.98. The Balaban J connectivity index is 2.72. The molecule has 17 heavy (non-hydrogen) atoms. The van der Waals surface area contributed by atoms with Crippen LogP contribution in [0.5, 0.6) is 0 Å². The number of rotatable bonds is 6. The van der Waals surface area contributed by atoms with Crippen LogP contribution in [-0.2, 0) is 4.79 Å². The first-order chi connectivity index (χ1) is 7.93. The van der Waals surface area contributed by atoms with Crippen molar-refractivity contribution in [2.75, 3.05) is 0 Å². The predicted molar refractivity (Wildman–Crippen MR) is 71.3 cm³/mol. The Hall–Kier alpha value is -0.870. The highest BCUT2D eigenvalue weighted by Gasteiger charge is 2.24. The van der Waals surface area contributed by atoms with Crippen molar-refractivity contribution in [3.63, 3.8) is 0 Å². The van der Waals surface area contributed by atoms with Crippen LogP contribution in [0.15, 0.2) is 17.5 Å². The van der Waals surface area contributed by atoms with Gasteiger partial charge >= 0.3 is 5.97 Å². The predicted octanol–water partition coefficient (Wildman–Crippen LogP) is 3.14. The van der Waals surface area contributed by atoms with Crippen LogP contribution in [0.3, 0.4) is 0 Å². The molecule has 4 heteroatoms. The zero-order valence-corrected chi connectivity index (χ0v) is 11.6. The number of hydrogen-bond acceptors (Lipinski definition) is 3. The molecule has 1 heterocycles. The van der Waals surface area contributed by atoms with Crippen LogP contribution < -0.4 is 5.32 Å². The van der Waals surface area contributed by atoms with Crippen molar-refractivity contribution < 1.29 is 9.90 Å². The molecule has 0 radical (unpaired) electrons. The first kappa shape index (κ1) is 14.2. The summed E-state index contributed by atoms with van der Waals surface area (Å²) in [7, 11) is 0. The van der Waals surface area contributed by atoms with Gasteiger partial charge in [0.15, 0.2) is 0 Å². The largest absolute Gasteiger partial charge is 0.481 e. The SMILES string of the molecule is CC(C)C(NC(C)C(C)C(=O)O)c1cccs1. The van der Waals surface area contributed by atoms with Crippen LogP contribution in [0.2, 0.25) is 0 Å². The Kier molecular flexibility index (Phi) is 5.15. The van der Waals surface area contributed by atoms with Crippen LogP contribution in [0, 0.1) is 11.8 Å². The van der Waals surface area contributed by atoms with Crippen molar-refractivity contribution in [1.29, 1.82) is 0 Å². The van der Waals surface area contributed by atoms with Crippen molar-refractivity contribution in [2.24, 2.45) is 11.8 Å². The molecule has 0 fully saturated rings. The van der Waals surface area contributed by atoms with E-state index in [4.69, 9.17) is 5.11 Å². The first-order valence-electron chi connectivity index (χ1n) is 5.95. The molecule has 1 aromatic rings. The van der Waals surface area contributed by atoms with Gasteiger partial charge in [-0.1, -0.05) is 26.8 Å². The zero-order chi connectivity index (χ0) is 13.0. The van der Waals surface area contributed by atoms with E-state index < -0.39 is 5.97 Å². The van der Waals surface area contributed by atoms with E-state index in [0.29, 0.717) is 5.92 Å². The summed E-state index contributed by atoms with van der Waals surface area (Å²) in [6.07, 6.45) is 0. The highest BCUT2D eigenvalue weighted by atomic mass is 32.1. The van der Waals surface area contributed by atoms with E-state index in [1.54, 1.807) is 18.3 Å². The summed E-state index contributed by atoms with van der Waals surface area (Å²) >= 11 is 1.71. The fourth-order valence-corrected chi connectivity index (χ4v) is 2.67. The molecule has 0 aromatic carbocycles. The molecule has 0 aliphatic rings. The van der Waals surface area contributed by atoms with Crippen LogP contribution in [0.4, 0.5) is 0 Å². The molecule has 3 unspecified atom stereocenters. The molecule has 0 spiro atoms. The average Bonchev–Trinajstić information content (AvgIpc) is 2.76. The van der Waals surface area contributed by atoms with Gasteiger partial charge in [0, 0.05) is 17.0 Å². The highest BCUT2D eigenvalue weighted by Crippen LogP contribution is 2.27. The number of carboxylic acid groups (broad SMARTS) is 1. The molecule has 3 atom stereocenters. The molecular formula is C13H21NO2S. The van der Waals surface area contributed by atoms with Crippen LogP contribution in [-0.4, -0.2) is 17.1 Å². The quantitative estimate of drug-likeness (QED) is 0.821. The van der Waals surface area contributed by atoms with Crippen molar-refractivity contribution in [2.45, 2.75) is 39.8 Å². The standard InChI is InChI=1S/C13H21NO2S/c1-8(2)12(11-6-5-7-17-11)14-10(4)9(3)13(15)16/h5-10,12,14H,1-4H3,(H,15,16). The molecule has 1 rings (SSSR count). The fraction of sp³-hybridized carbons (Fsp3) is 0.615. The Morgan fingerprint density at radius 3 is 2.41 bits per heavy atom. The molecule has 0 saturated carbocycles. The van der Waals surface area contributed by atoms with Gasteiger partial charge in [0.25, 0.3) is 0 Å². The Labute approximate surface area is 107 Å². The molecule has 0 aliphatic heterocycles. The Bertz CT molecular complexity index is 348. The van der Waals surface area contributed by atoms with E-state index in [-0.39, 0.29) is 18.0 Å². The minimum atomic E-state index is -0.751. The van der Waals surface area contributed by atoms with Gasteiger partial charge in [0.2, 0.25) is 0 Å². The summed E-state index contributed by atoms with van der Waals surface area (Å²) in [6.45, 7) is 7.97. The number of thiophene rings is 1. The Morgan fingerprint density at radius 2 is 2.00 bits per heavy atom. The van der Waals surface area contributed by atoms with Gasteiger partial charge in [-0.05, 0) is 24.3 Å². The summed E-state index contributed by atoms with van der Waals surface area (Å²) in [5, 5.41) is 14.5. The average molecular weight is 255 g/mol. The maximum Gasteiger partial charge on any atom is 0.307 e. The summed E-state index contributed by atoms with van der Waals surface area (Å²) in [6, 6.07) is 4.32. The molecule has 3 nitrogen and oxygen atoms in total. The topological polar surface area (TPSA) is 49.3 Å². The lowest BCUT2D eigenvalue weighted by Crippen LogP contribution is -2.40. The first-order valence-corrected chi connectivity index (χ1v) is 6.83. The molecule has 0 saturated heterocycles. The van der Waals surface area contributed by atoms with Crippen LogP contribution >= 0.6 is 11.3 Å². The monoisotopic (exact) mass is 255 g/mol. The summed E-state index contributed by atoms with van der Waals surface area (Å²) < 4.78 is 0. The van der Waals surface area contributed by atoms with Crippen molar-refractivity contribution in [1.82, 2.24) is 5.32 Å². The van der Waals surface area contributed by atoms with Gasteiger partial charge in [-0.2, -0.15) is 0 Å². The van der Waals surface area contributed by atoms with Crippen LogP contribution in [0.1, 0.15) is 38.6 Å². The lowest BCUT2D eigenvalue weighted by molar-refractivity contribution is -0.142. The summed E-state index contributed by atoms with van der Waals surface area (Å²) in [5.74, 6) is -0.688. The van der Waals surface area contributed by atoms with Crippen molar-refractivity contribution in [3.05, 3.63) is 22.4 Å². The summed E-state index contributed by atoms with van der Waals surface area (Å²) in [4.78, 5) is 12.2. The number of carbonyl (C=O) groups is 1. The lowest BCUT2D eigenvalue weighted by Gasteiger charge is -2.27. The zero-order valence-electron chi connectivity index (χ0n) is 10.8. The second-order valence-corrected chi connectivity index (χ2v) is 5.80. The smallest absolute Gasteiger partial charge is 0.307 e. The highest BCUT2D eigenvalue weighted by molar-refractivity contribution is 7.10. The fourth-order valence-electron chi connectivity index (χ4n) is 1.71. The van der Waals surface area contributed by atoms with E-state index in [0.717, 1.165) is 0 Å². The van der Waals surface area contributed by atoms with Gasteiger partial charge in [-0.3, -0.25) is 4.79 Å². The number of aliphatic carboxylic acids is 1. The maximum atomic E-state index is 10.9. The van der Waals surface area contributed by atoms with E-state index in [1.165, 1.54) is 4.88 Å². The third-order valence-electron chi connectivity index (χ3n) is 3.10. The molecule has 2 N–H and O–H groups in total. The van der Waals surface area contributed by atoms with Crippen LogP contribution in [0.25, 0.3) is 0 Å². The third kappa shape index (κ3) is 3.82. The van der Waals surface area contributed by atoms with Crippen molar-refractivity contribution in [3.8, 4) is 0 Å². The molecular weight excluding hydrogens is 234 g/mol. The van der Waals surface area contributed by atoms with Gasteiger partial charge in [-0.15, -0.1) is 11.3 Å². The van der Waals surface area contributed by atoms with E-state index >= 15 is 0 Å². The van der Waals surface area contributed by atoms with Gasteiger partial charge in [0.1, 0.15) is 0 Å². The van der Waals surface area contributed by atoms with Crippen molar-refractivity contribution >= 4 is 17.3 Å². The van der Waals surface area contributed by atoms with Gasteiger partial charge in [0.05, 0.1) is 5.92 Å². The maximum absolute atomic E-state index is 10.9. The molecule has 0 aliphatic carbocycles. The molecule has 96 valence electrons. The van der Waals surface area contributed by atoms with E-state index in [9.17, 15) is 4.79 Å². The summed E-state index contributed by atoms with van der Waals surface area (Å²) in [5.41, 5.74) is 0. The van der Waals surface area contributed by atoms with E-state index in [2.05, 4.69) is 30.6 Å². The number of hydrogen-bond donors (Lipinski definition) is 2. The minimum Gasteiger partial charge on any atom is -0.481 e. The van der Waals surface area contributed by atoms with E-state index in [1.807, 2.05) is 13.0 Å².